The molecule has 0 aliphatic carbocycles. The minimum atomic E-state index is -0.216. The predicted octanol–water partition coefficient (Wildman–Crippen LogP) is 5.53. The third-order valence-electron chi connectivity index (χ3n) is 5.94. The zero-order valence-corrected chi connectivity index (χ0v) is 16.8. The lowest BCUT2D eigenvalue weighted by Gasteiger charge is -2.34. The Bertz CT molecular complexity index is 989. The number of hydrogen-bond acceptors (Lipinski definition) is 3. The Balaban J connectivity index is 1.39. The highest BCUT2D eigenvalue weighted by molar-refractivity contribution is 5.86. The highest BCUT2D eigenvalue weighted by atomic mass is 19.1. The van der Waals surface area contributed by atoms with E-state index in [1.807, 2.05) is 6.07 Å². The molecule has 0 unspecified atom stereocenters. The summed E-state index contributed by atoms with van der Waals surface area (Å²) in [6.07, 6.45) is 4.82. The first-order valence-electron chi connectivity index (χ1n) is 10.3. The molecule has 2 heterocycles. The number of esters is 1. The largest absolute Gasteiger partial charge is 0.469 e. The average molecular weight is 394 g/mol. The van der Waals surface area contributed by atoms with Crippen LogP contribution in [0.3, 0.4) is 0 Å². The normalized spacial score (nSPS) is 15.0. The second kappa shape index (κ2) is 8.68. The number of aromatic amines is 1. The van der Waals surface area contributed by atoms with Crippen molar-refractivity contribution in [1.29, 1.82) is 0 Å². The summed E-state index contributed by atoms with van der Waals surface area (Å²) in [5.41, 5.74) is 4.28. The Morgan fingerprint density at radius 3 is 2.79 bits per heavy atom. The Morgan fingerprint density at radius 2 is 2.00 bits per heavy atom. The van der Waals surface area contributed by atoms with Crippen molar-refractivity contribution in [2.75, 3.05) is 25.1 Å². The van der Waals surface area contributed by atoms with Gasteiger partial charge in [-0.15, -0.1) is 0 Å². The van der Waals surface area contributed by atoms with Crippen molar-refractivity contribution in [3.63, 3.8) is 0 Å². The smallest absolute Gasteiger partial charge is 0.305 e. The maximum atomic E-state index is 13.5. The van der Waals surface area contributed by atoms with Crippen molar-refractivity contribution in [2.45, 2.75) is 32.1 Å². The van der Waals surface area contributed by atoms with E-state index in [-0.39, 0.29) is 11.8 Å². The Labute approximate surface area is 170 Å². The van der Waals surface area contributed by atoms with Gasteiger partial charge in [-0.05, 0) is 73.6 Å². The van der Waals surface area contributed by atoms with E-state index in [1.165, 1.54) is 18.9 Å². The summed E-state index contributed by atoms with van der Waals surface area (Å²) >= 11 is 0. The molecule has 5 heteroatoms. The van der Waals surface area contributed by atoms with Crippen LogP contribution in [0.15, 0.2) is 48.5 Å². The molecule has 0 atom stereocenters. The van der Waals surface area contributed by atoms with Gasteiger partial charge in [0.2, 0.25) is 0 Å². The third kappa shape index (κ3) is 4.61. The van der Waals surface area contributed by atoms with Gasteiger partial charge in [0.25, 0.3) is 0 Å². The molecule has 1 saturated heterocycles. The average Bonchev–Trinajstić information content (AvgIpc) is 3.17. The number of nitrogens with one attached hydrogen (secondary N) is 1. The number of H-pyrrole nitrogens is 1. The van der Waals surface area contributed by atoms with Crippen molar-refractivity contribution in [2.24, 2.45) is 5.92 Å². The first kappa shape index (κ1) is 19.5. The van der Waals surface area contributed by atoms with Gasteiger partial charge in [0.05, 0.1) is 7.11 Å². The van der Waals surface area contributed by atoms with Gasteiger partial charge in [0, 0.05) is 41.8 Å². The van der Waals surface area contributed by atoms with Crippen LogP contribution in [-0.2, 0) is 9.53 Å². The molecular weight excluding hydrogens is 367 g/mol. The first-order chi connectivity index (χ1) is 14.1. The molecule has 4 rings (SSSR count). The molecule has 1 aromatic heterocycles. The number of ether oxygens (including phenoxy) is 1. The maximum Gasteiger partial charge on any atom is 0.305 e. The minimum absolute atomic E-state index is 0.112. The van der Waals surface area contributed by atoms with Crippen LogP contribution in [0.5, 0.6) is 0 Å². The van der Waals surface area contributed by atoms with Crippen LogP contribution >= 0.6 is 0 Å². The van der Waals surface area contributed by atoms with Gasteiger partial charge in [-0.2, -0.15) is 0 Å². The van der Waals surface area contributed by atoms with Crippen LogP contribution in [0, 0.1) is 11.7 Å². The molecule has 4 nitrogen and oxygen atoms in total. The number of carbonyl (C=O) groups excluding carboxylic acids is 1. The number of nitrogens with zero attached hydrogens (tertiary/aromatic N) is 1. The van der Waals surface area contributed by atoms with Gasteiger partial charge in [-0.1, -0.05) is 12.1 Å². The highest BCUT2D eigenvalue weighted by Gasteiger charge is 2.20. The zero-order valence-electron chi connectivity index (χ0n) is 16.8. The molecule has 1 fully saturated rings. The van der Waals surface area contributed by atoms with Crippen LogP contribution < -0.4 is 4.90 Å². The summed E-state index contributed by atoms with van der Waals surface area (Å²) in [7, 11) is 1.45. The summed E-state index contributed by atoms with van der Waals surface area (Å²) in [5, 5.41) is 0.887. The number of benzene rings is 2. The number of anilines is 1. The maximum absolute atomic E-state index is 13.5. The predicted molar refractivity (Wildman–Crippen MR) is 114 cm³/mol. The molecule has 2 aromatic carbocycles. The molecule has 0 saturated carbocycles. The molecule has 1 aliphatic rings. The summed E-state index contributed by atoms with van der Waals surface area (Å²) in [5.74, 6) is 0.355. The van der Waals surface area contributed by atoms with E-state index in [0.717, 1.165) is 60.9 Å². The second-order valence-electron chi connectivity index (χ2n) is 7.86. The molecule has 1 N–H and O–H groups in total. The van der Waals surface area contributed by atoms with Gasteiger partial charge in [-0.25, -0.2) is 4.39 Å². The number of aromatic nitrogens is 1. The van der Waals surface area contributed by atoms with Crippen molar-refractivity contribution in [3.05, 3.63) is 54.3 Å². The Kier molecular flexibility index (Phi) is 5.84. The summed E-state index contributed by atoms with van der Waals surface area (Å²) in [6.45, 7) is 2.06. The number of fused-ring (bicyclic) bond motifs is 1. The van der Waals surface area contributed by atoms with E-state index in [1.54, 1.807) is 12.1 Å². The van der Waals surface area contributed by atoms with E-state index in [2.05, 4.69) is 34.1 Å². The molecule has 152 valence electrons. The molecule has 0 spiro atoms. The Morgan fingerprint density at radius 1 is 1.17 bits per heavy atom. The van der Waals surface area contributed by atoms with Gasteiger partial charge in [0.1, 0.15) is 5.82 Å². The van der Waals surface area contributed by atoms with E-state index in [0.29, 0.717) is 12.3 Å². The van der Waals surface area contributed by atoms with Gasteiger partial charge in [0.15, 0.2) is 0 Å². The van der Waals surface area contributed by atoms with Crippen LogP contribution in [-0.4, -0.2) is 31.2 Å². The zero-order chi connectivity index (χ0) is 20.2. The van der Waals surface area contributed by atoms with Crippen LogP contribution in [0.1, 0.15) is 32.1 Å². The lowest BCUT2D eigenvalue weighted by molar-refractivity contribution is -0.140. The topological polar surface area (TPSA) is 45.3 Å². The molecule has 0 bridgehead atoms. The minimum Gasteiger partial charge on any atom is -0.469 e. The van der Waals surface area contributed by atoms with Crippen molar-refractivity contribution >= 4 is 22.6 Å². The fourth-order valence-corrected chi connectivity index (χ4v) is 4.25. The highest BCUT2D eigenvalue weighted by Crippen LogP contribution is 2.31. The number of rotatable bonds is 6. The lowest BCUT2D eigenvalue weighted by Crippen LogP contribution is -2.33. The quantitative estimate of drug-likeness (QED) is 0.559. The first-order valence-corrected chi connectivity index (χ1v) is 10.3. The van der Waals surface area contributed by atoms with Gasteiger partial charge < -0.3 is 14.6 Å². The van der Waals surface area contributed by atoms with E-state index in [4.69, 9.17) is 4.74 Å². The fourth-order valence-electron chi connectivity index (χ4n) is 4.25. The Hall–Kier alpha value is -2.82. The van der Waals surface area contributed by atoms with Crippen molar-refractivity contribution in [3.8, 4) is 11.3 Å². The number of halogens is 1. The fraction of sp³-hybridized carbons (Fsp3) is 0.375. The van der Waals surface area contributed by atoms with E-state index < -0.39 is 0 Å². The van der Waals surface area contributed by atoms with Crippen LogP contribution in [0.25, 0.3) is 22.2 Å². The monoisotopic (exact) mass is 394 g/mol. The molecular formula is C24H27FN2O2. The third-order valence-corrected chi connectivity index (χ3v) is 5.94. The van der Waals surface area contributed by atoms with Crippen molar-refractivity contribution < 1.29 is 13.9 Å². The summed E-state index contributed by atoms with van der Waals surface area (Å²) < 4.78 is 18.2. The second-order valence-corrected chi connectivity index (χ2v) is 7.86. The molecule has 1 aliphatic heterocycles. The van der Waals surface area contributed by atoms with E-state index >= 15 is 0 Å². The molecule has 0 amide bonds. The van der Waals surface area contributed by atoms with Crippen LogP contribution in [0.2, 0.25) is 0 Å². The lowest BCUT2D eigenvalue weighted by atomic mass is 9.91. The molecule has 3 aromatic rings. The molecule has 0 radical (unpaired) electrons. The SMILES string of the molecule is COC(=O)CCCC1CCN(c2cccc(-c3cc4cc(F)ccc4[nH]3)c2)CC1. The number of carbonyl (C=O) groups is 1. The van der Waals surface area contributed by atoms with E-state index in [9.17, 15) is 9.18 Å². The van der Waals surface area contributed by atoms with Gasteiger partial charge in [-0.3, -0.25) is 4.79 Å². The standard InChI is InChI=1S/C24H27FN2O2/c1-29-24(28)7-2-4-17-10-12-27(13-11-17)21-6-3-5-18(15-21)23-16-19-14-20(25)8-9-22(19)26-23/h3,5-6,8-9,14-17,26H,2,4,7,10-13H2,1H3. The van der Waals surface area contributed by atoms with Gasteiger partial charge >= 0.3 is 5.97 Å². The number of piperidine rings is 1. The van der Waals surface area contributed by atoms with Crippen molar-refractivity contribution in [1.82, 2.24) is 4.98 Å². The molecule has 29 heavy (non-hydrogen) atoms. The summed E-state index contributed by atoms with van der Waals surface area (Å²) in [4.78, 5) is 17.1. The van der Waals surface area contributed by atoms with Crippen LogP contribution in [0.4, 0.5) is 10.1 Å². The number of hydrogen-bond donors (Lipinski definition) is 1. The number of methoxy groups -OCH3 is 1. The summed E-state index contributed by atoms with van der Waals surface area (Å²) in [6, 6.07) is 15.4.